The van der Waals surface area contributed by atoms with Gasteiger partial charge in [0.05, 0.1) is 23.6 Å². The summed E-state index contributed by atoms with van der Waals surface area (Å²) in [6.07, 6.45) is 3.25. The molecule has 24 heavy (non-hydrogen) atoms. The van der Waals surface area contributed by atoms with E-state index in [4.69, 9.17) is 10.00 Å². The molecule has 1 aliphatic carbocycles. The Labute approximate surface area is 140 Å². The molecule has 1 saturated carbocycles. The maximum atomic E-state index is 13.3. The number of rotatable bonds is 2. The van der Waals surface area contributed by atoms with Crippen LogP contribution in [0, 0.1) is 11.3 Å². The van der Waals surface area contributed by atoms with Gasteiger partial charge in [-0.3, -0.25) is 4.79 Å². The second-order valence-electron chi connectivity index (χ2n) is 6.44. The first-order valence-electron chi connectivity index (χ1n) is 8.08. The molecule has 120 valence electrons. The lowest BCUT2D eigenvalue weighted by Crippen LogP contribution is -2.47. The molecule has 0 spiro atoms. The summed E-state index contributed by atoms with van der Waals surface area (Å²) in [5.41, 5.74) is 1.85. The highest BCUT2D eigenvalue weighted by molar-refractivity contribution is 6.04. The fourth-order valence-electron chi connectivity index (χ4n) is 3.33. The fraction of sp³-hybridized carbons (Fsp3) is 0.316. The van der Waals surface area contributed by atoms with Crippen molar-refractivity contribution in [2.24, 2.45) is 0 Å². The molecule has 2 aromatic rings. The molecule has 5 heteroatoms. The SMILES string of the molecule is CC1CN(C(=O)C2(c3ccc(C#N)cc3)CC2)c2cccnc2O1. The van der Waals surface area contributed by atoms with Gasteiger partial charge in [0, 0.05) is 6.20 Å². The lowest BCUT2D eigenvalue weighted by Gasteiger charge is -2.34. The molecule has 1 aliphatic heterocycles. The lowest BCUT2D eigenvalue weighted by atomic mass is 9.93. The summed E-state index contributed by atoms with van der Waals surface area (Å²) in [5.74, 6) is 0.608. The zero-order chi connectivity index (χ0) is 16.7. The highest BCUT2D eigenvalue weighted by Gasteiger charge is 2.54. The zero-order valence-electron chi connectivity index (χ0n) is 13.4. The highest BCUT2D eigenvalue weighted by atomic mass is 16.5. The Bertz CT molecular complexity index is 834. The predicted octanol–water partition coefficient (Wildman–Crippen LogP) is 2.80. The van der Waals surface area contributed by atoms with Gasteiger partial charge in [0.15, 0.2) is 0 Å². The number of carbonyl (C=O) groups is 1. The number of nitrogens with zero attached hydrogens (tertiary/aromatic N) is 3. The summed E-state index contributed by atoms with van der Waals surface area (Å²) in [6.45, 7) is 2.47. The van der Waals surface area contributed by atoms with Crippen molar-refractivity contribution >= 4 is 11.6 Å². The van der Waals surface area contributed by atoms with E-state index in [1.54, 1.807) is 18.3 Å². The summed E-state index contributed by atoms with van der Waals surface area (Å²) in [6, 6.07) is 13.2. The number of nitriles is 1. The Morgan fingerprint density at radius 3 is 2.75 bits per heavy atom. The molecule has 0 saturated heterocycles. The van der Waals surface area contributed by atoms with Crippen molar-refractivity contribution in [3.63, 3.8) is 0 Å². The van der Waals surface area contributed by atoms with E-state index in [0.717, 1.165) is 24.1 Å². The molecule has 1 atom stereocenters. The number of aromatic nitrogens is 1. The van der Waals surface area contributed by atoms with Gasteiger partial charge in [-0.1, -0.05) is 12.1 Å². The minimum Gasteiger partial charge on any atom is -0.471 e. The molecule has 1 amide bonds. The first-order chi connectivity index (χ1) is 11.6. The molecule has 5 nitrogen and oxygen atoms in total. The molecule has 0 bridgehead atoms. The Hall–Kier alpha value is -2.87. The number of pyridine rings is 1. The van der Waals surface area contributed by atoms with E-state index in [2.05, 4.69) is 11.1 Å². The van der Waals surface area contributed by atoms with Crippen LogP contribution < -0.4 is 9.64 Å². The van der Waals surface area contributed by atoms with Gasteiger partial charge in [-0.05, 0) is 49.6 Å². The van der Waals surface area contributed by atoms with Gasteiger partial charge >= 0.3 is 0 Å². The molecule has 1 fully saturated rings. The lowest BCUT2D eigenvalue weighted by molar-refractivity contribution is -0.121. The molecular formula is C19H17N3O2. The smallest absolute Gasteiger partial charge is 0.238 e. The number of anilines is 1. The van der Waals surface area contributed by atoms with E-state index in [-0.39, 0.29) is 12.0 Å². The normalized spacial score (nSPS) is 20.5. The van der Waals surface area contributed by atoms with E-state index in [0.29, 0.717) is 18.0 Å². The van der Waals surface area contributed by atoms with Crippen LogP contribution in [0.5, 0.6) is 5.88 Å². The van der Waals surface area contributed by atoms with Gasteiger partial charge in [0.2, 0.25) is 11.8 Å². The summed E-state index contributed by atoms with van der Waals surface area (Å²) >= 11 is 0. The largest absolute Gasteiger partial charge is 0.471 e. The third kappa shape index (κ3) is 2.23. The highest BCUT2D eigenvalue weighted by Crippen LogP contribution is 2.51. The molecule has 2 aliphatic rings. The van der Waals surface area contributed by atoms with E-state index in [1.165, 1.54) is 0 Å². The minimum absolute atomic E-state index is 0.0897. The van der Waals surface area contributed by atoms with Crippen molar-refractivity contribution in [2.75, 3.05) is 11.4 Å². The van der Waals surface area contributed by atoms with Crippen LogP contribution in [0.2, 0.25) is 0 Å². The van der Waals surface area contributed by atoms with Crippen molar-refractivity contribution in [1.29, 1.82) is 5.26 Å². The summed E-state index contributed by atoms with van der Waals surface area (Å²) < 4.78 is 5.74. The molecule has 1 aromatic carbocycles. The Morgan fingerprint density at radius 2 is 2.08 bits per heavy atom. The molecule has 1 aromatic heterocycles. The average Bonchev–Trinajstić information content (AvgIpc) is 3.42. The number of ether oxygens (including phenoxy) is 1. The predicted molar refractivity (Wildman–Crippen MR) is 88.7 cm³/mol. The van der Waals surface area contributed by atoms with Gasteiger partial charge in [0.1, 0.15) is 11.8 Å². The molecule has 0 N–H and O–H groups in total. The number of fused-ring (bicyclic) bond motifs is 1. The first-order valence-corrected chi connectivity index (χ1v) is 8.08. The van der Waals surface area contributed by atoms with E-state index >= 15 is 0 Å². The summed E-state index contributed by atoms with van der Waals surface area (Å²) in [5, 5.41) is 8.95. The van der Waals surface area contributed by atoms with Crippen LogP contribution in [0.25, 0.3) is 0 Å². The molecular weight excluding hydrogens is 302 g/mol. The van der Waals surface area contributed by atoms with Crippen LogP contribution in [0.15, 0.2) is 42.6 Å². The Morgan fingerprint density at radius 1 is 1.33 bits per heavy atom. The van der Waals surface area contributed by atoms with Crippen LogP contribution in [0.4, 0.5) is 5.69 Å². The maximum Gasteiger partial charge on any atom is 0.238 e. The standard InChI is InChI=1S/C19H17N3O2/c1-13-12-22(16-3-2-10-21-17(16)24-13)18(23)19(8-9-19)15-6-4-14(11-20)5-7-15/h2-7,10,13H,8-9,12H2,1H3. The first kappa shape index (κ1) is 14.7. The quantitative estimate of drug-likeness (QED) is 0.853. The van der Waals surface area contributed by atoms with Crippen LogP contribution in [0.1, 0.15) is 30.9 Å². The number of amides is 1. The number of hydrogen-bond acceptors (Lipinski definition) is 4. The number of carbonyl (C=O) groups excluding carboxylic acids is 1. The Balaban J connectivity index is 1.69. The summed E-state index contributed by atoms with van der Waals surface area (Å²) in [4.78, 5) is 19.4. The van der Waals surface area contributed by atoms with Gasteiger partial charge in [0.25, 0.3) is 0 Å². The number of benzene rings is 1. The van der Waals surface area contributed by atoms with Gasteiger partial charge in [-0.2, -0.15) is 5.26 Å². The number of hydrogen-bond donors (Lipinski definition) is 0. The van der Waals surface area contributed by atoms with Crippen molar-refractivity contribution in [2.45, 2.75) is 31.3 Å². The van der Waals surface area contributed by atoms with E-state index in [9.17, 15) is 4.79 Å². The second kappa shape index (κ2) is 5.34. The van der Waals surface area contributed by atoms with Crippen LogP contribution in [-0.4, -0.2) is 23.5 Å². The summed E-state index contributed by atoms with van der Waals surface area (Å²) in [7, 11) is 0. The molecule has 0 radical (unpaired) electrons. The molecule has 4 rings (SSSR count). The van der Waals surface area contributed by atoms with E-state index < -0.39 is 5.41 Å². The topological polar surface area (TPSA) is 66.2 Å². The minimum atomic E-state index is -0.474. The van der Waals surface area contributed by atoms with Crippen molar-refractivity contribution in [3.05, 3.63) is 53.7 Å². The maximum absolute atomic E-state index is 13.3. The Kier molecular flexibility index (Phi) is 3.27. The average molecular weight is 319 g/mol. The zero-order valence-corrected chi connectivity index (χ0v) is 13.4. The van der Waals surface area contributed by atoms with Crippen molar-refractivity contribution in [3.8, 4) is 11.9 Å². The molecule has 2 heterocycles. The van der Waals surface area contributed by atoms with Crippen molar-refractivity contribution < 1.29 is 9.53 Å². The van der Waals surface area contributed by atoms with Gasteiger partial charge in [-0.15, -0.1) is 0 Å². The fourth-order valence-corrected chi connectivity index (χ4v) is 3.33. The third-order valence-corrected chi connectivity index (χ3v) is 4.77. The second-order valence-corrected chi connectivity index (χ2v) is 6.44. The van der Waals surface area contributed by atoms with Gasteiger partial charge < -0.3 is 9.64 Å². The monoisotopic (exact) mass is 319 g/mol. The van der Waals surface area contributed by atoms with Crippen LogP contribution >= 0.6 is 0 Å². The van der Waals surface area contributed by atoms with Gasteiger partial charge in [-0.25, -0.2) is 4.98 Å². The molecule has 1 unspecified atom stereocenters. The van der Waals surface area contributed by atoms with E-state index in [1.807, 2.05) is 36.1 Å². The van der Waals surface area contributed by atoms with Crippen LogP contribution in [0.3, 0.4) is 0 Å². The third-order valence-electron chi connectivity index (χ3n) is 4.77. The van der Waals surface area contributed by atoms with Crippen LogP contribution in [-0.2, 0) is 10.2 Å². The van der Waals surface area contributed by atoms with Crippen molar-refractivity contribution in [1.82, 2.24) is 4.98 Å².